The van der Waals surface area contributed by atoms with Gasteiger partial charge in [-0.3, -0.25) is 0 Å². The molecular formula is C19H24ClN3O3. The van der Waals surface area contributed by atoms with Gasteiger partial charge in [-0.05, 0) is 18.6 Å². The third-order valence-corrected chi connectivity index (χ3v) is 4.17. The lowest BCUT2D eigenvalue weighted by atomic mass is 10.2. The number of carbonyl (C=O) groups is 1. The van der Waals surface area contributed by atoms with Crippen LogP contribution >= 0.6 is 11.6 Å². The lowest BCUT2D eigenvalue weighted by molar-refractivity contribution is 0.252. The average molecular weight is 378 g/mol. The monoisotopic (exact) mass is 377 g/mol. The SMILES string of the molecule is COc1cc(NC(=O)NCCCN(C)c2ccccc2)c(OC)cc1Cl. The number of carbonyl (C=O) groups excluding carboxylic acids is 1. The second-order valence-corrected chi connectivity index (χ2v) is 6.09. The maximum absolute atomic E-state index is 12.1. The highest BCUT2D eigenvalue weighted by atomic mass is 35.5. The van der Waals surface area contributed by atoms with Crippen LogP contribution in [0.3, 0.4) is 0 Å². The molecule has 0 saturated carbocycles. The molecule has 2 aromatic carbocycles. The van der Waals surface area contributed by atoms with Gasteiger partial charge < -0.3 is 25.0 Å². The molecular weight excluding hydrogens is 354 g/mol. The molecule has 2 N–H and O–H groups in total. The Balaban J connectivity index is 1.82. The number of benzene rings is 2. The number of ether oxygens (including phenoxy) is 2. The summed E-state index contributed by atoms with van der Waals surface area (Å²) in [6, 6.07) is 13.0. The molecule has 2 amide bonds. The van der Waals surface area contributed by atoms with E-state index < -0.39 is 0 Å². The fourth-order valence-electron chi connectivity index (χ4n) is 2.45. The van der Waals surface area contributed by atoms with Crippen LogP contribution < -0.4 is 25.0 Å². The lowest BCUT2D eigenvalue weighted by Crippen LogP contribution is -2.31. The van der Waals surface area contributed by atoms with Crippen LogP contribution in [-0.2, 0) is 0 Å². The minimum absolute atomic E-state index is 0.310. The molecule has 6 nitrogen and oxygen atoms in total. The molecule has 0 radical (unpaired) electrons. The Hall–Kier alpha value is -2.60. The second kappa shape index (κ2) is 9.77. The Kier molecular flexibility index (Phi) is 7.41. The van der Waals surface area contributed by atoms with Crippen LogP contribution in [0.15, 0.2) is 42.5 Å². The second-order valence-electron chi connectivity index (χ2n) is 5.68. The van der Waals surface area contributed by atoms with Gasteiger partial charge in [-0.15, -0.1) is 0 Å². The summed E-state index contributed by atoms with van der Waals surface area (Å²) in [5.74, 6) is 0.932. The van der Waals surface area contributed by atoms with Crippen LogP contribution in [0.4, 0.5) is 16.2 Å². The fraction of sp³-hybridized carbons (Fsp3) is 0.316. The van der Waals surface area contributed by atoms with Gasteiger partial charge in [0.05, 0.1) is 24.9 Å². The van der Waals surface area contributed by atoms with E-state index in [0.29, 0.717) is 28.8 Å². The first-order valence-corrected chi connectivity index (χ1v) is 8.65. The molecule has 0 spiro atoms. The molecule has 0 atom stereocenters. The van der Waals surface area contributed by atoms with E-state index >= 15 is 0 Å². The predicted octanol–water partition coefficient (Wildman–Crippen LogP) is 4.01. The first kappa shape index (κ1) is 19.7. The average Bonchev–Trinajstić information content (AvgIpc) is 2.66. The van der Waals surface area contributed by atoms with E-state index in [2.05, 4.69) is 27.7 Å². The van der Waals surface area contributed by atoms with Crippen molar-refractivity contribution in [3.63, 3.8) is 0 Å². The summed E-state index contributed by atoms with van der Waals surface area (Å²) in [6.45, 7) is 1.39. The normalized spacial score (nSPS) is 10.2. The minimum Gasteiger partial charge on any atom is -0.495 e. The van der Waals surface area contributed by atoms with Crippen LogP contribution in [0.5, 0.6) is 11.5 Å². The van der Waals surface area contributed by atoms with E-state index in [-0.39, 0.29) is 6.03 Å². The van der Waals surface area contributed by atoms with Crippen molar-refractivity contribution in [1.29, 1.82) is 0 Å². The standard InChI is InChI=1S/C19H24ClN3O3/c1-23(14-8-5-4-6-9-14)11-7-10-21-19(24)22-16-13-17(25-2)15(20)12-18(16)26-3/h4-6,8-9,12-13H,7,10-11H2,1-3H3,(H2,21,22,24). The van der Waals surface area contributed by atoms with Crippen molar-refractivity contribution in [3.8, 4) is 11.5 Å². The van der Waals surface area contributed by atoms with Crippen LogP contribution in [0.2, 0.25) is 5.02 Å². The zero-order valence-corrected chi connectivity index (χ0v) is 16.0. The molecule has 0 saturated heterocycles. The smallest absolute Gasteiger partial charge is 0.319 e. The zero-order chi connectivity index (χ0) is 18.9. The molecule has 0 aliphatic rings. The maximum atomic E-state index is 12.1. The number of methoxy groups -OCH3 is 2. The molecule has 0 aliphatic carbocycles. The summed E-state index contributed by atoms with van der Waals surface area (Å²) in [5.41, 5.74) is 1.64. The summed E-state index contributed by atoms with van der Waals surface area (Å²) < 4.78 is 10.4. The third kappa shape index (κ3) is 5.46. The Morgan fingerprint density at radius 2 is 1.81 bits per heavy atom. The maximum Gasteiger partial charge on any atom is 0.319 e. The van der Waals surface area contributed by atoms with Gasteiger partial charge >= 0.3 is 6.03 Å². The van der Waals surface area contributed by atoms with Crippen molar-refractivity contribution < 1.29 is 14.3 Å². The Labute approximate surface area is 159 Å². The summed E-state index contributed by atoms with van der Waals surface area (Å²) in [7, 11) is 5.06. The number of halogens is 1. The number of nitrogens with one attached hydrogen (secondary N) is 2. The van der Waals surface area contributed by atoms with Gasteiger partial charge in [0.2, 0.25) is 0 Å². The van der Waals surface area contributed by atoms with Gasteiger partial charge in [0, 0.05) is 38.0 Å². The molecule has 0 bridgehead atoms. The summed E-state index contributed by atoms with van der Waals surface area (Å²) in [6.07, 6.45) is 0.819. The van der Waals surface area contributed by atoms with E-state index in [0.717, 1.165) is 18.7 Å². The van der Waals surface area contributed by atoms with Crippen molar-refractivity contribution in [2.24, 2.45) is 0 Å². The molecule has 0 fully saturated rings. The molecule has 0 aromatic heterocycles. The first-order valence-electron chi connectivity index (χ1n) is 8.27. The van der Waals surface area contributed by atoms with Gasteiger partial charge in [0.1, 0.15) is 11.5 Å². The van der Waals surface area contributed by atoms with Gasteiger partial charge in [-0.2, -0.15) is 0 Å². The number of para-hydroxylation sites is 1. The number of urea groups is 1. The highest BCUT2D eigenvalue weighted by Crippen LogP contribution is 2.35. The molecule has 0 unspecified atom stereocenters. The summed E-state index contributed by atoms with van der Waals surface area (Å²) in [5, 5.41) is 6.01. The molecule has 0 heterocycles. The van der Waals surface area contributed by atoms with Crippen LogP contribution in [0.1, 0.15) is 6.42 Å². The van der Waals surface area contributed by atoms with E-state index in [1.807, 2.05) is 25.2 Å². The van der Waals surface area contributed by atoms with Gasteiger partial charge in [-0.1, -0.05) is 29.8 Å². The van der Waals surface area contributed by atoms with Crippen LogP contribution in [0, 0.1) is 0 Å². The Bertz CT molecular complexity index is 725. The van der Waals surface area contributed by atoms with Gasteiger partial charge in [0.25, 0.3) is 0 Å². The van der Waals surface area contributed by atoms with Crippen LogP contribution in [0.25, 0.3) is 0 Å². The molecule has 140 valence electrons. The molecule has 2 aromatic rings. The number of amides is 2. The zero-order valence-electron chi connectivity index (χ0n) is 15.2. The van der Waals surface area contributed by atoms with Gasteiger partial charge in [-0.25, -0.2) is 4.79 Å². The predicted molar refractivity (Wildman–Crippen MR) is 106 cm³/mol. The van der Waals surface area contributed by atoms with Crippen molar-refractivity contribution >= 4 is 29.0 Å². The van der Waals surface area contributed by atoms with Crippen molar-refractivity contribution in [2.45, 2.75) is 6.42 Å². The molecule has 7 heteroatoms. The molecule has 2 rings (SSSR count). The Morgan fingerprint density at radius 1 is 1.12 bits per heavy atom. The number of anilines is 2. The van der Waals surface area contributed by atoms with Crippen molar-refractivity contribution in [3.05, 3.63) is 47.5 Å². The van der Waals surface area contributed by atoms with Crippen LogP contribution in [-0.4, -0.2) is 40.4 Å². The van der Waals surface area contributed by atoms with E-state index in [1.54, 1.807) is 12.1 Å². The summed E-state index contributed by atoms with van der Waals surface area (Å²) >= 11 is 6.06. The van der Waals surface area contributed by atoms with Crippen molar-refractivity contribution in [2.75, 3.05) is 44.6 Å². The largest absolute Gasteiger partial charge is 0.495 e. The quantitative estimate of drug-likeness (QED) is 0.682. The minimum atomic E-state index is -0.310. The lowest BCUT2D eigenvalue weighted by Gasteiger charge is -2.19. The highest BCUT2D eigenvalue weighted by molar-refractivity contribution is 6.32. The van der Waals surface area contributed by atoms with E-state index in [4.69, 9.17) is 21.1 Å². The Morgan fingerprint density at radius 3 is 2.46 bits per heavy atom. The van der Waals surface area contributed by atoms with E-state index in [1.165, 1.54) is 14.2 Å². The number of hydrogen-bond donors (Lipinski definition) is 2. The number of hydrogen-bond acceptors (Lipinski definition) is 4. The number of nitrogens with zero attached hydrogens (tertiary/aromatic N) is 1. The first-order chi connectivity index (χ1) is 12.5. The highest BCUT2D eigenvalue weighted by Gasteiger charge is 2.12. The molecule has 0 aliphatic heterocycles. The van der Waals surface area contributed by atoms with E-state index in [9.17, 15) is 4.79 Å². The topological polar surface area (TPSA) is 62.8 Å². The van der Waals surface area contributed by atoms with Gasteiger partial charge in [0.15, 0.2) is 0 Å². The summed E-state index contributed by atoms with van der Waals surface area (Å²) in [4.78, 5) is 14.3. The molecule has 26 heavy (non-hydrogen) atoms. The van der Waals surface area contributed by atoms with Crippen molar-refractivity contribution in [1.82, 2.24) is 5.32 Å². The third-order valence-electron chi connectivity index (χ3n) is 3.87. The fourth-order valence-corrected chi connectivity index (χ4v) is 2.69. The number of rotatable bonds is 8.